The molecule has 1 saturated heterocycles. The van der Waals surface area contributed by atoms with Crippen LogP contribution in [0.25, 0.3) is 0 Å². The summed E-state index contributed by atoms with van der Waals surface area (Å²) in [5.74, 6) is 0.403. The van der Waals surface area contributed by atoms with Gasteiger partial charge in [0.1, 0.15) is 17.5 Å². The molecule has 1 aliphatic heterocycles. The fourth-order valence-electron chi connectivity index (χ4n) is 3.41. The van der Waals surface area contributed by atoms with E-state index in [-0.39, 0.29) is 24.8 Å². The highest BCUT2D eigenvalue weighted by molar-refractivity contribution is 6.23. The van der Waals surface area contributed by atoms with Crippen LogP contribution >= 0.6 is 0 Å². The third-order valence-electron chi connectivity index (χ3n) is 4.98. The van der Waals surface area contributed by atoms with Crippen LogP contribution in [0.15, 0.2) is 48.5 Å². The Morgan fingerprint density at radius 1 is 1.07 bits per heavy atom. The Labute approximate surface area is 176 Å². The van der Waals surface area contributed by atoms with Gasteiger partial charge in [0.2, 0.25) is 11.8 Å². The summed E-state index contributed by atoms with van der Waals surface area (Å²) in [7, 11) is 1.58. The number of nitrogens with zero attached hydrogens (tertiary/aromatic N) is 2. The topological polar surface area (TPSA) is 76.2 Å². The van der Waals surface area contributed by atoms with Crippen molar-refractivity contribution in [1.29, 1.82) is 0 Å². The quantitative estimate of drug-likeness (QED) is 0.625. The van der Waals surface area contributed by atoms with Crippen molar-refractivity contribution in [3.8, 4) is 11.5 Å². The van der Waals surface area contributed by atoms with Crippen LogP contribution in [-0.4, -0.2) is 42.4 Å². The van der Waals surface area contributed by atoms with E-state index in [1.54, 1.807) is 43.5 Å². The predicted octanol–water partition coefficient (Wildman–Crippen LogP) is 3.16. The summed E-state index contributed by atoms with van der Waals surface area (Å²) < 4.78 is 10.7. The van der Waals surface area contributed by atoms with Crippen molar-refractivity contribution in [3.05, 3.63) is 54.1 Å². The Morgan fingerprint density at radius 2 is 1.70 bits per heavy atom. The summed E-state index contributed by atoms with van der Waals surface area (Å²) in [6, 6.07) is 13.3. The van der Waals surface area contributed by atoms with Crippen LogP contribution in [-0.2, 0) is 20.9 Å². The normalized spacial score (nSPS) is 16.0. The number of methoxy groups -OCH3 is 1. The van der Waals surface area contributed by atoms with Gasteiger partial charge in [0, 0.05) is 13.5 Å². The summed E-state index contributed by atoms with van der Waals surface area (Å²) in [5.41, 5.74) is 1.33. The van der Waals surface area contributed by atoms with Crippen molar-refractivity contribution in [2.24, 2.45) is 0 Å². The second-order valence-electron chi connectivity index (χ2n) is 7.12. The van der Waals surface area contributed by atoms with Crippen molar-refractivity contribution in [1.82, 2.24) is 4.90 Å². The molecule has 0 aromatic heterocycles. The number of hydrogen-bond donors (Lipinski definition) is 0. The Balaban J connectivity index is 1.77. The Kier molecular flexibility index (Phi) is 6.72. The molecule has 1 fully saturated rings. The lowest BCUT2D eigenvalue weighted by Gasteiger charge is -2.26. The molecule has 1 atom stereocenters. The van der Waals surface area contributed by atoms with E-state index >= 15 is 0 Å². The number of anilines is 1. The van der Waals surface area contributed by atoms with E-state index in [2.05, 4.69) is 0 Å². The summed E-state index contributed by atoms with van der Waals surface area (Å²) in [6.45, 7) is 4.26. The average molecular weight is 410 g/mol. The number of carbonyl (C=O) groups excluding carboxylic acids is 3. The smallest absolute Gasteiger partial charge is 0.257 e. The molecule has 1 aliphatic rings. The highest BCUT2D eigenvalue weighted by Crippen LogP contribution is 2.28. The van der Waals surface area contributed by atoms with Crippen LogP contribution in [0.2, 0.25) is 0 Å². The molecule has 30 heavy (non-hydrogen) atoms. The Bertz CT molecular complexity index is 908. The minimum Gasteiger partial charge on any atom is -0.497 e. The van der Waals surface area contributed by atoms with Gasteiger partial charge in [-0.05, 0) is 48.4 Å². The molecular weight excluding hydrogens is 384 g/mol. The molecule has 7 heteroatoms. The van der Waals surface area contributed by atoms with Crippen molar-refractivity contribution in [2.45, 2.75) is 39.3 Å². The van der Waals surface area contributed by atoms with E-state index in [4.69, 9.17) is 9.47 Å². The van der Waals surface area contributed by atoms with E-state index in [0.717, 1.165) is 16.9 Å². The van der Waals surface area contributed by atoms with Gasteiger partial charge in [-0.15, -0.1) is 0 Å². The molecule has 0 radical (unpaired) electrons. The monoisotopic (exact) mass is 410 g/mol. The van der Waals surface area contributed by atoms with Crippen LogP contribution in [0, 0.1) is 0 Å². The Morgan fingerprint density at radius 3 is 2.27 bits per heavy atom. The van der Waals surface area contributed by atoms with Crippen molar-refractivity contribution < 1.29 is 23.9 Å². The number of hydrogen-bond acceptors (Lipinski definition) is 5. The van der Waals surface area contributed by atoms with Gasteiger partial charge < -0.3 is 14.4 Å². The second kappa shape index (κ2) is 9.43. The fourth-order valence-corrected chi connectivity index (χ4v) is 3.41. The van der Waals surface area contributed by atoms with E-state index < -0.39 is 11.9 Å². The van der Waals surface area contributed by atoms with Gasteiger partial charge in [-0.1, -0.05) is 19.1 Å². The van der Waals surface area contributed by atoms with Gasteiger partial charge in [0.05, 0.1) is 25.8 Å². The van der Waals surface area contributed by atoms with Crippen LogP contribution < -0.4 is 14.4 Å². The third kappa shape index (κ3) is 4.62. The summed E-state index contributed by atoms with van der Waals surface area (Å²) >= 11 is 0. The highest BCUT2D eigenvalue weighted by Gasteiger charge is 2.43. The summed E-state index contributed by atoms with van der Waals surface area (Å²) in [6.07, 6.45) is 0.851. The lowest BCUT2D eigenvalue weighted by atomic mass is 10.1. The van der Waals surface area contributed by atoms with Crippen molar-refractivity contribution >= 4 is 23.4 Å². The number of amides is 3. The molecule has 0 N–H and O–H groups in total. The van der Waals surface area contributed by atoms with Gasteiger partial charge >= 0.3 is 0 Å². The molecular formula is C23H26N2O5. The lowest BCUT2D eigenvalue weighted by Crippen LogP contribution is -2.44. The lowest BCUT2D eigenvalue weighted by molar-refractivity contribution is -0.137. The zero-order valence-electron chi connectivity index (χ0n) is 17.5. The highest BCUT2D eigenvalue weighted by atomic mass is 16.5. The van der Waals surface area contributed by atoms with Crippen LogP contribution in [0.1, 0.15) is 32.3 Å². The Hall–Kier alpha value is -3.35. The molecule has 0 unspecified atom stereocenters. The largest absolute Gasteiger partial charge is 0.497 e. The summed E-state index contributed by atoms with van der Waals surface area (Å²) in [5, 5.41) is 0. The first-order chi connectivity index (χ1) is 14.4. The molecule has 1 heterocycles. The van der Waals surface area contributed by atoms with Crippen LogP contribution in [0.3, 0.4) is 0 Å². The first-order valence-corrected chi connectivity index (χ1v) is 9.94. The summed E-state index contributed by atoms with van der Waals surface area (Å²) in [4.78, 5) is 40.6. The maximum atomic E-state index is 13.1. The molecule has 2 aromatic rings. The third-order valence-corrected chi connectivity index (χ3v) is 4.98. The van der Waals surface area contributed by atoms with Crippen molar-refractivity contribution in [2.75, 3.05) is 18.6 Å². The number of benzene rings is 2. The van der Waals surface area contributed by atoms with Crippen molar-refractivity contribution in [3.63, 3.8) is 0 Å². The van der Waals surface area contributed by atoms with Gasteiger partial charge in [-0.2, -0.15) is 0 Å². The fraction of sp³-hybridized carbons (Fsp3) is 0.348. The van der Waals surface area contributed by atoms with Gasteiger partial charge in [0.25, 0.3) is 5.91 Å². The number of imide groups is 1. The van der Waals surface area contributed by atoms with Crippen LogP contribution in [0.5, 0.6) is 11.5 Å². The first-order valence-electron chi connectivity index (χ1n) is 9.94. The zero-order valence-corrected chi connectivity index (χ0v) is 17.5. The molecule has 0 saturated carbocycles. The molecule has 7 nitrogen and oxygen atoms in total. The average Bonchev–Trinajstić information content (AvgIpc) is 3.04. The maximum absolute atomic E-state index is 13.1. The van der Waals surface area contributed by atoms with Gasteiger partial charge in [0.15, 0.2) is 0 Å². The standard InChI is InChI=1S/C23H26N2O5/c1-4-13-30-20-11-7-18(8-12-20)25-22(27)14-21(23(25)28)24(16(2)26)15-17-5-9-19(29-3)10-6-17/h5-12,21H,4,13-15H2,1-3H3/t21-/m0/s1. The van der Waals surface area contributed by atoms with Gasteiger partial charge in [-0.25, -0.2) is 4.90 Å². The number of rotatable bonds is 8. The molecule has 2 aromatic carbocycles. The van der Waals surface area contributed by atoms with E-state index in [9.17, 15) is 14.4 Å². The van der Waals surface area contributed by atoms with Crippen LogP contribution in [0.4, 0.5) is 5.69 Å². The molecule has 0 aliphatic carbocycles. The zero-order chi connectivity index (χ0) is 21.7. The maximum Gasteiger partial charge on any atom is 0.257 e. The molecule has 3 amide bonds. The molecule has 0 spiro atoms. The molecule has 0 bridgehead atoms. The number of ether oxygens (including phenoxy) is 2. The van der Waals surface area contributed by atoms with Gasteiger partial charge in [-0.3, -0.25) is 14.4 Å². The second-order valence-corrected chi connectivity index (χ2v) is 7.12. The van der Waals surface area contributed by atoms with E-state index in [1.807, 2.05) is 19.1 Å². The molecule has 3 rings (SSSR count). The number of carbonyl (C=O) groups is 3. The van der Waals surface area contributed by atoms with E-state index in [1.165, 1.54) is 11.8 Å². The SMILES string of the molecule is CCCOc1ccc(N2C(=O)C[C@H](N(Cc3ccc(OC)cc3)C(C)=O)C2=O)cc1. The first kappa shape index (κ1) is 21.4. The minimum atomic E-state index is -0.826. The minimum absolute atomic E-state index is 0.0390. The van der Waals surface area contributed by atoms with E-state index in [0.29, 0.717) is 23.8 Å². The molecule has 158 valence electrons. The predicted molar refractivity (Wildman–Crippen MR) is 112 cm³/mol.